The Morgan fingerprint density at radius 1 is 1.47 bits per heavy atom. The van der Waals surface area contributed by atoms with Crippen LogP contribution < -0.4 is 11.1 Å². The lowest BCUT2D eigenvalue weighted by Gasteiger charge is -2.30. The lowest BCUT2D eigenvalue weighted by atomic mass is 9.98. The van der Waals surface area contributed by atoms with Crippen LogP contribution in [-0.2, 0) is 4.79 Å². The first-order valence-corrected chi connectivity index (χ1v) is 7.43. The number of nitrogens with zero attached hydrogens (tertiary/aromatic N) is 1. The molecule has 2 aliphatic rings. The molecule has 0 unspecified atom stereocenters. The fourth-order valence-corrected chi connectivity index (χ4v) is 3.84. The average Bonchev–Trinajstić information content (AvgIpc) is 2.93. The van der Waals surface area contributed by atoms with E-state index < -0.39 is 0 Å². The van der Waals surface area contributed by atoms with Crippen LogP contribution in [0.4, 0.5) is 11.4 Å². The largest absolute Gasteiger partial charge is 0.397 e. The SMILES string of the molecule is CN1[C@@H]2CC[C@@H](C2)[C@H]1C(=O)Nc1ccc(Br)cc1N. The molecule has 5 heteroatoms. The number of likely N-dealkylation sites (N-methyl/N-ethyl adjacent to an activating group) is 1. The van der Waals surface area contributed by atoms with Gasteiger partial charge in [0.15, 0.2) is 0 Å². The predicted octanol–water partition coefficient (Wildman–Crippen LogP) is 2.45. The summed E-state index contributed by atoms with van der Waals surface area (Å²) in [5, 5.41) is 2.97. The highest BCUT2D eigenvalue weighted by atomic mass is 79.9. The molecule has 1 aliphatic carbocycles. The van der Waals surface area contributed by atoms with Gasteiger partial charge in [-0.25, -0.2) is 0 Å². The summed E-state index contributed by atoms with van der Waals surface area (Å²) in [5.41, 5.74) is 7.21. The molecule has 1 aromatic rings. The van der Waals surface area contributed by atoms with E-state index in [-0.39, 0.29) is 11.9 Å². The summed E-state index contributed by atoms with van der Waals surface area (Å²) < 4.78 is 0.917. The summed E-state index contributed by atoms with van der Waals surface area (Å²) in [6.07, 6.45) is 3.55. The monoisotopic (exact) mass is 323 g/mol. The first kappa shape index (κ1) is 12.9. The first-order valence-electron chi connectivity index (χ1n) is 6.64. The molecule has 1 aliphatic heterocycles. The number of hydrogen-bond donors (Lipinski definition) is 2. The summed E-state index contributed by atoms with van der Waals surface area (Å²) in [6.45, 7) is 0. The van der Waals surface area contributed by atoms with Crippen molar-refractivity contribution in [2.75, 3.05) is 18.1 Å². The molecule has 0 radical (unpaired) electrons. The van der Waals surface area contributed by atoms with Crippen molar-refractivity contribution in [3.8, 4) is 0 Å². The maximum absolute atomic E-state index is 12.4. The molecule has 3 atom stereocenters. The summed E-state index contributed by atoms with van der Waals surface area (Å²) in [6, 6.07) is 6.12. The molecule has 102 valence electrons. The smallest absolute Gasteiger partial charge is 0.242 e. The van der Waals surface area contributed by atoms with Gasteiger partial charge in [-0.1, -0.05) is 15.9 Å². The normalized spacial score (nSPS) is 29.7. The Balaban J connectivity index is 1.75. The molecule has 1 amide bonds. The van der Waals surface area contributed by atoms with E-state index in [1.807, 2.05) is 12.1 Å². The van der Waals surface area contributed by atoms with Crippen molar-refractivity contribution in [1.29, 1.82) is 0 Å². The second-order valence-corrected chi connectivity index (χ2v) is 6.47. The molecule has 4 nitrogen and oxygen atoms in total. The third-order valence-electron chi connectivity index (χ3n) is 4.45. The fraction of sp³-hybridized carbons (Fsp3) is 0.500. The quantitative estimate of drug-likeness (QED) is 0.822. The van der Waals surface area contributed by atoms with Gasteiger partial charge in [-0.15, -0.1) is 0 Å². The van der Waals surface area contributed by atoms with Gasteiger partial charge in [-0.2, -0.15) is 0 Å². The molecule has 2 fully saturated rings. The van der Waals surface area contributed by atoms with E-state index >= 15 is 0 Å². The predicted molar refractivity (Wildman–Crippen MR) is 79.9 cm³/mol. The van der Waals surface area contributed by atoms with Gasteiger partial charge >= 0.3 is 0 Å². The number of hydrogen-bond acceptors (Lipinski definition) is 3. The van der Waals surface area contributed by atoms with Crippen LogP contribution >= 0.6 is 15.9 Å². The number of nitrogens with two attached hydrogens (primary N) is 1. The van der Waals surface area contributed by atoms with Crippen molar-refractivity contribution in [3.63, 3.8) is 0 Å². The van der Waals surface area contributed by atoms with E-state index in [4.69, 9.17) is 5.73 Å². The molecule has 0 aromatic heterocycles. The van der Waals surface area contributed by atoms with Crippen LogP contribution in [0.15, 0.2) is 22.7 Å². The zero-order valence-electron chi connectivity index (χ0n) is 10.9. The Bertz CT molecular complexity index is 517. The number of anilines is 2. The lowest BCUT2D eigenvalue weighted by Crippen LogP contribution is -2.45. The van der Waals surface area contributed by atoms with Gasteiger partial charge in [0.2, 0.25) is 5.91 Å². The zero-order chi connectivity index (χ0) is 13.6. The highest BCUT2D eigenvalue weighted by Crippen LogP contribution is 2.41. The van der Waals surface area contributed by atoms with Crippen LogP contribution in [0, 0.1) is 5.92 Å². The number of benzene rings is 1. The molecule has 0 spiro atoms. The van der Waals surface area contributed by atoms with Crippen LogP contribution in [0.3, 0.4) is 0 Å². The standard InChI is InChI=1S/C14H18BrN3O/c1-18-10-4-2-8(6-10)13(18)14(19)17-12-5-3-9(15)7-11(12)16/h3,5,7-8,10,13H,2,4,6,16H2,1H3,(H,17,19)/t8-,10+,13-/m0/s1. The van der Waals surface area contributed by atoms with E-state index in [1.54, 1.807) is 6.07 Å². The number of nitrogens with one attached hydrogen (secondary N) is 1. The van der Waals surface area contributed by atoms with E-state index in [0.717, 1.165) is 10.9 Å². The van der Waals surface area contributed by atoms with Crippen LogP contribution in [0.25, 0.3) is 0 Å². The molecule has 3 N–H and O–H groups in total. The number of carbonyl (C=O) groups excluding carboxylic acids is 1. The van der Waals surface area contributed by atoms with Crippen LogP contribution in [0.5, 0.6) is 0 Å². The maximum Gasteiger partial charge on any atom is 0.242 e. The number of halogens is 1. The number of amides is 1. The number of carbonyl (C=O) groups is 1. The van der Waals surface area contributed by atoms with Crippen molar-refractivity contribution in [2.24, 2.45) is 5.92 Å². The molecule has 1 heterocycles. The second kappa shape index (κ2) is 4.80. The van der Waals surface area contributed by atoms with Gasteiger partial charge in [0.1, 0.15) is 0 Å². The van der Waals surface area contributed by atoms with E-state index in [2.05, 4.69) is 33.2 Å². The van der Waals surface area contributed by atoms with E-state index in [9.17, 15) is 4.79 Å². The molecular formula is C14H18BrN3O. The van der Waals surface area contributed by atoms with Gasteiger partial charge in [-0.3, -0.25) is 9.69 Å². The van der Waals surface area contributed by atoms with Crippen molar-refractivity contribution in [1.82, 2.24) is 4.90 Å². The number of fused-ring (bicyclic) bond motifs is 2. The summed E-state index contributed by atoms with van der Waals surface area (Å²) in [4.78, 5) is 14.7. The minimum atomic E-state index is 0.00166. The van der Waals surface area contributed by atoms with E-state index in [0.29, 0.717) is 23.3 Å². The molecule has 1 aromatic carbocycles. The summed E-state index contributed by atoms with van der Waals surface area (Å²) in [5.74, 6) is 0.579. The second-order valence-electron chi connectivity index (χ2n) is 5.56. The van der Waals surface area contributed by atoms with Gasteiger partial charge in [0.25, 0.3) is 0 Å². The first-order chi connectivity index (χ1) is 9.06. The molecule has 3 rings (SSSR count). The zero-order valence-corrected chi connectivity index (χ0v) is 12.5. The summed E-state index contributed by atoms with van der Waals surface area (Å²) >= 11 is 3.36. The van der Waals surface area contributed by atoms with Crippen molar-refractivity contribution < 1.29 is 4.79 Å². The molecule has 19 heavy (non-hydrogen) atoms. The minimum Gasteiger partial charge on any atom is -0.397 e. The minimum absolute atomic E-state index is 0.00166. The third-order valence-corrected chi connectivity index (χ3v) is 4.94. The third kappa shape index (κ3) is 2.25. The van der Waals surface area contributed by atoms with Gasteiger partial charge in [0.05, 0.1) is 17.4 Å². The fourth-order valence-electron chi connectivity index (χ4n) is 3.46. The molecular weight excluding hydrogens is 306 g/mol. The lowest BCUT2D eigenvalue weighted by molar-refractivity contribution is -0.122. The average molecular weight is 324 g/mol. The highest BCUT2D eigenvalue weighted by Gasteiger charge is 2.47. The van der Waals surface area contributed by atoms with Crippen molar-refractivity contribution in [2.45, 2.75) is 31.3 Å². The van der Waals surface area contributed by atoms with Crippen molar-refractivity contribution >= 4 is 33.2 Å². The van der Waals surface area contributed by atoms with Crippen molar-refractivity contribution in [3.05, 3.63) is 22.7 Å². The Morgan fingerprint density at radius 3 is 2.89 bits per heavy atom. The highest BCUT2D eigenvalue weighted by molar-refractivity contribution is 9.10. The molecule has 1 saturated carbocycles. The van der Waals surface area contributed by atoms with Crippen LogP contribution in [-0.4, -0.2) is 29.9 Å². The Labute approximate surface area is 121 Å². The van der Waals surface area contributed by atoms with Crippen LogP contribution in [0.1, 0.15) is 19.3 Å². The number of piperidine rings is 1. The van der Waals surface area contributed by atoms with E-state index in [1.165, 1.54) is 12.8 Å². The van der Waals surface area contributed by atoms with Crippen LogP contribution in [0.2, 0.25) is 0 Å². The van der Waals surface area contributed by atoms with Gasteiger partial charge in [-0.05, 0) is 50.4 Å². The molecule has 2 bridgehead atoms. The number of rotatable bonds is 2. The van der Waals surface area contributed by atoms with Gasteiger partial charge in [0, 0.05) is 10.5 Å². The Hall–Kier alpha value is -1.07. The molecule has 1 saturated heterocycles. The Morgan fingerprint density at radius 2 is 2.26 bits per heavy atom. The maximum atomic E-state index is 12.4. The summed E-state index contributed by atoms with van der Waals surface area (Å²) in [7, 11) is 2.05. The topological polar surface area (TPSA) is 58.4 Å². The number of likely N-dealkylation sites (tertiary alicyclic amines) is 1. The number of nitrogen functional groups attached to an aromatic ring is 1. The Kier molecular flexibility index (Phi) is 3.27. The van der Waals surface area contributed by atoms with Gasteiger partial charge < -0.3 is 11.1 Å².